The van der Waals surface area contributed by atoms with E-state index in [0.29, 0.717) is 21.6 Å². The lowest BCUT2D eigenvalue weighted by atomic mass is 9.91. The molecule has 0 saturated carbocycles. The zero-order valence-corrected chi connectivity index (χ0v) is 26.7. The summed E-state index contributed by atoms with van der Waals surface area (Å²) in [6.45, 7) is 4.29. The van der Waals surface area contributed by atoms with Gasteiger partial charge in [-0.2, -0.15) is 14.6 Å². The van der Waals surface area contributed by atoms with Crippen LogP contribution in [-0.2, 0) is 11.3 Å². The molecule has 0 radical (unpaired) electrons. The largest absolute Gasteiger partial charge is 0.333 e. The standard InChI is InChI=1S/C36H29ClN6O2S/c1-23-8-5-9-24(2)33(23)40-36(46)41-39-21-25-10-6-11-27(18-25)28-12-7-13-29(19-28)32-34(44)42-17-4-3-14-31(42)43(35(32)45)22-26-15-16-30(37)38-20-26/h3-21,32H,22H2,1-2H3,(H-,40,41,46)/p+1/b39-21+. The van der Waals surface area contributed by atoms with E-state index in [1.54, 1.807) is 41.7 Å². The third-order valence-corrected chi connectivity index (χ3v) is 8.20. The molecular formula is C36H30ClN6O2S+. The SMILES string of the molecule is Cc1cccc(C)c1NC(=S)N/N=C/c1cccc(-c2cccc(C3C(=O)N(Cc4ccc(Cl)nc4)c4cccc[n+]4C3=O)c2)c1. The maximum absolute atomic E-state index is 14.0. The zero-order valence-electron chi connectivity index (χ0n) is 25.1. The van der Waals surface area contributed by atoms with Crippen LogP contribution in [0.15, 0.2) is 115 Å². The van der Waals surface area contributed by atoms with Crippen LogP contribution < -0.4 is 20.2 Å². The van der Waals surface area contributed by atoms with Crippen molar-refractivity contribution in [2.45, 2.75) is 26.3 Å². The molecule has 1 aliphatic rings. The van der Waals surface area contributed by atoms with Crippen LogP contribution in [0.2, 0.25) is 5.15 Å². The molecule has 8 nitrogen and oxygen atoms in total. The van der Waals surface area contributed by atoms with Gasteiger partial charge in [-0.1, -0.05) is 78.3 Å². The van der Waals surface area contributed by atoms with Gasteiger partial charge in [0.2, 0.25) is 0 Å². The number of amides is 1. The highest BCUT2D eigenvalue weighted by atomic mass is 35.5. The number of pyridine rings is 2. The molecule has 3 aromatic carbocycles. The Bertz CT molecular complexity index is 1980. The van der Waals surface area contributed by atoms with Crippen molar-refractivity contribution in [3.63, 3.8) is 0 Å². The minimum atomic E-state index is -1.01. The molecular weight excluding hydrogens is 616 g/mol. The average Bonchev–Trinajstić information content (AvgIpc) is 3.06. The molecule has 1 atom stereocenters. The van der Waals surface area contributed by atoms with Crippen molar-refractivity contribution in [2.24, 2.45) is 5.10 Å². The van der Waals surface area contributed by atoms with Gasteiger partial charge in [0.05, 0.1) is 12.4 Å². The van der Waals surface area contributed by atoms with Crippen LogP contribution in [0.3, 0.4) is 0 Å². The molecule has 0 bridgehead atoms. The highest BCUT2D eigenvalue weighted by Crippen LogP contribution is 2.31. The lowest BCUT2D eigenvalue weighted by Gasteiger charge is -2.26. The van der Waals surface area contributed by atoms with E-state index in [-0.39, 0.29) is 18.4 Å². The number of halogens is 1. The predicted molar refractivity (Wildman–Crippen MR) is 185 cm³/mol. The topological polar surface area (TPSA) is 90.6 Å². The Balaban J connectivity index is 1.22. The van der Waals surface area contributed by atoms with Gasteiger partial charge in [-0.25, -0.2) is 14.6 Å². The number of aryl methyl sites for hydroxylation is 2. The van der Waals surface area contributed by atoms with E-state index in [1.807, 2.05) is 92.7 Å². The summed E-state index contributed by atoms with van der Waals surface area (Å²) in [6, 6.07) is 30.3. The second-order valence-electron chi connectivity index (χ2n) is 11.0. The van der Waals surface area contributed by atoms with Gasteiger partial charge in [0.15, 0.2) is 11.0 Å². The van der Waals surface area contributed by atoms with E-state index >= 15 is 0 Å². The van der Waals surface area contributed by atoms with Gasteiger partial charge in [0.1, 0.15) is 11.7 Å². The van der Waals surface area contributed by atoms with Gasteiger partial charge in [0, 0.05) is 23.5 Å². The Labute approximate surface area is 277 Å². The van der Waals surface area contributed by atoms with Gasteiger partial charge in [-0.15, -0.1) is 0 Å². The number of hydrazone groups is 1. The number of carbonyl (C=O) groups is 2. The molecule has 46 heavy (non-hydrogen) atoms. The number of hydrogen-bond acceptors (Lipinski definition) is 5. The summed E-state index contributed by atoms with van der Waals surface area (Å²) in [5.74, 6) is -1.12. The third-order valence-electron chi connectivity index (χ3n) is 7.78. The highest BCUT2D eigenvalue weighted by Gasteiger charge is 2.47. The van der Waals surface area contributed by atoms with E-state index in [4.69, 9.17) is 23.8 Å². The summed E-state index contributed by atoms with van der Waals surface area (Å²) < 4.78 is 1.53. The third kappa shape index (κ3) is 6.56. The molecule has 1 unspecified atom stereocenters. The van der Waals surface area contributed by atoms with Crippen LogP contribution in [0.1, 0.15) is 38.5 Å². The summed E-state index contributed by atoms with van der Waals surface area (Å²) in [6.07, 6.45) is 5.02. The molecule has 0 aliphatic carbocycles. The number of hydrogen-bond donors (Lipinski definition) is 2. The fraction of sp³-hybridized carbons (Fsp3) is 0.111. The van der Waals surface area contributed by atoms with Crippen LogP contribution >= 0.6 is 23.8 Å². The van der Waals surface area contributed by atoms with Gasteiger partial charge in [0.25, 0.3) is 5.82 Å². The first-order valence-electron chi connectivity index (χ1n) is 14.6. The van der Waals surface area contributed by atoms with Crippen molar-refractivity contribution < 1.29 is 14.2 Å². The number of fused-ring (bicyclic) bond motifs is 1. The Kier molecular flexibility index (Phi) is 8.96. The number of thiocarbonyl (C=S) groups is 1. The van der Waals surface area contributed by atoms with Crippen molar-refractivity contribution in [3.8, 4) is 11.1 Å². The fourth-order valence-corrected chi connectivity index (χ4v) is 5.76. The normalized spacial score (nSPS) is 14.3. The van der Waals surface area contributed by atoms with Crippen LogP contribution in [0, 0.1) is 13.8 Å². The van der Waals surface area contributed by atoms with Crippen LogP contribution in [0.5, 0.6) is 0 Å². The highest BCUT2D eigenvalue weighted by molar-refractivity contribution is 7.80. The molecule has 3 heterocycles. The van der Waals surface area contributed by atoms with Crippen LogP contribution in [-0.4, -0.2) is 28.1 Å². The summed E-state index contributed by atoms with van der Waals surface area (Å²) >= 11 is 11.4. The van der Waals surface area contributed by atoms with E-state index in [9.17, 15) is 9.59 Å². The molecule has 2 aromatic heterocycles. The van der Waals surface area contributed by atoms with Crippen LogP contribution in [0.25, 0.3) is 11.1 Å². The van der Waals surface area contributed by atoms with Gasteiger partial charge in [-0.05, 0) is 83.7 Å². The van der Waals surface area contributed by atoms with Crippen molar-refractivity contribution in [1.29, 1.82) is 0 Å². The second-order valence-corrected chi connectivity index (χ2v) is 11.8. The van der Waals surface area contributed by atoms with Crippen LogP contribution in [0.4, 0.5) is 11.5 Å². The Morgan fingerprint density at radius 2 is 1.70 bits per heavy atom. The molecule has 1 amide bonds. The van der Waals surface area contributed by atoms with E-state index < -0.39 is 5.92 Å². The monoisotopic (exact) mass is 645 g/mol. The van der Waals surface area contributed by atoms with Gasteiger partial charge < -0.3 is 5.32 Å². The summed E-state index contributed by atoms with van der Waals surface area (Å²) in [5, 5.41) is 8.29. The molecule has 0 spiro atoms. The molecule has 228 valence electrons. The summed E-state index contributed by atoms with van der Waals surface area (Å²) in [7, 11) is 0. The number of nitrogens with zero attached hydrogens (tertiary/aromatic N) is 4. The molecule has 0 fully saturated rings. The number of carbonyl (C=O) groups excluding carboxylic acids is 2. The lowest BCUT2D eigenvalue weighted by molar-refractivity contribution is -0.563. The van der Waals surface area contributed by atoms with Gasteiger partial charge in [-0.3, -0.25) is 5.43 Å². The number of benzene rings is 3. The van der Waals surface area contributed by atoms with E-state index in [1.165, 1.54) is 4.57 Å². The minimum absolute atomic E-state index is 0.245. The molecule has 10 heteroatoms. The molecule has 1 aliphatic heterocycles. The summed E-state index contributed by atoms with van der Waals surface area (Å²) in [5.41, 5.74) is 10.1. The van der Waals surface area contributed by atoms with E-state index in [0.717, 1.165) is 39.1 Å². The first kappa shape index (κ1) is 30.8. The number of rotatable bonds is 7. The molecule has 2 N–H and O–H groups in total. The lowest BCUT2D eigenvalue weighted by Crippen LogP contribution is -2.59. The maximum atomic E-state index is 14.0. The second kappa shape index (κ2) is 13.4. The predicted octanol–water partition coefficient (Wildman–Crippen LogP) is 6.60. The molecule has 5 aromatic rings. The summed E-state index contributed by atoms with van der Waals surface area (Å²) in [4.78, 5) is 33.5. The molecule has 6 rings (SSSR count). The van der Waals surface area contributed by atoms with Crippen molar-refractivity contribution in [3.05, 3.63) is 142 Å². The smallest absolute Gasteiger partial charge is 0.331 e. The maximum Gasteiger partial charge on any atom is 0.333 e. The van der Waals surface area contributed by atoms with Crippen molar-refractivity contribution in [1.82, 2.24) is 10.4 Å². The first-order chi connectivity index (χ1) is 22.3. The number of nitrogens with one attached hydrogen (secondary N) is 2. The fourth-order valence-electron chi connectivity index (χ4n) is 5.50. The Hall–Kier alpha value is -5.25. The van der Waals surface area contributed by atoms with E-state index in [2.05, 4.69) is 20.8 Å². The average molecular weight is 646 g/mol. The van der Waals surface area contributed by atoms with Gasteiger partial charge >= 0.3 is 11.8 Å². The first-order valence-corrected chi connectivity index (χ1v) is 15.4. The number of anilines is 2. The number of aromatic nitrogens is 2. The Morgan fingerprint density at radius 1 is 0.957 bits per heavy atom. The zero-order chi connectivity index (χ0) is 32.2. The van der Waals surface area contributed by atoms with Crippen molar-refractivity contribution >= 4 is 58.5 Å². The quantitative estimate of drug-likeness (QED) is 0.0518. The molecule has 0 saturated heterocycles. The number of para-hydroxylation sites is 1. The van der Waals surface area contributed by atoms with Crippen molar-refractivity contribution in [2.75, 3.05) is 10.2 Å². The Morgan fingerprint density at radius 3 is 2.46 bits per heavy atom. The minimum Gasteiger partial charge on any atom is -0.331 e.